The monoisotopic (exact) mass is 361 g/mol. The zero-order valence-corrected chi connectivity index (χ0v) is 14.8. The van der Waals surface area contributed by atoms with Crippen molar-refractivity contribution in [2.45, 2.75) is 0 Å². The lowest BCUT2D eigenvalue weighted by Gasteiger charge is -2.03. The maximum atomic E-state index is 4.87. The van der Waals surface area contributed by atoms with Crippen LogP contribution in [0.25, 0.3) is 5.70 Å². The zero-order valence-electron chi connectivity index (χ0n) is 14.8. The van der Waals surface area contributed by atoms with Gasteiger partial charge >= 0.3 is 0 Å². The van der Waals surface area contributed by atoms with Crippen LogP contribution in [0.1, 0.15) is 11.1 Å². The van der Waals surface area contributed by atoms with Gasteiger partial charge in [-0.15, -0.1) is 0 Å². The lowest BCUT2D eigenvalue weighted by atomic mass is 10.0. The maximum absolute atomic E-state index is 4.87. The van der Waals surface area contributed by atoms with E-state index in [0.29, 0.717) is 0 Å². The molecule has 1 aromatic carbocycles. The third kappa shape index (κ3) is 2.53. The predicted octanol–water partition coefficient (Wildman–Crippen LogP) is 3.51. The van der Waals surface area contributed by atoms with E-state index in [1.165, 1.54) is 0 Å². The first kappa shape index (κ1) is 15.1. The van der Waals surface area contributed by atoms with E-state index in [2.05, 4.69) is 27.8 Å². The zero-order chi connectivity index (χ0) is 18.5. The van der Waals surface area contributed by atoms with Crippen molar-refractivity contribution in [3.63, 3.8) is 0 Å². The Bertz CT molecular complexity index is 1240. The van der Waals surface area contributed by atoms with Gasteiger partial charge in [0.15, 0.2) is 0 Å². The number of aliphatic imine (C=N–C) groups is 3. The first-order chi connectivity index (χ1) is 13.8. The fourth-order valence-electron chi connectivity index (χ4n) is 3.64. The van der Waals surface area contributed by atoms with Gasteiger partial charge in [-0.25, -0.2) is 15.0 Å². The van der Waals surface area contributed by atoms with E-state index < -0.39 is 0 Å². The second-order valence-electron chi connectivity index (χ2n) is 6.88. The first-order valence-corrected chi connectivity index (χ1v) is 9.13. The van der Waals surface area contributed by atoms with Crippen LogP contribution in [0.4, 0.5) is 0 Å². The van der Waals surface area contributed by atoms with Gasteiger partial charge in [0.05, 0.1) is 39.9 Å². The molecule has 0 atom stereocenters. The summed E-state index contributed by atoms with van der Waals surface area (Å²) in [5.74, 6) is 0.889. The highest BCUT2D eigenvalue weighted by Crippen LogP contribution is 2.30. The van der Waals surface area contributed by atoms with Crippen LogP contribution in [0.5, 0.6) is 0 Å². The molecule has 5 heteroatoms. The fourth-order valence-corrected chi connectivity index (χ4v) is 3.64. The van der Waals surface area contributed by atoms with E-state index in [-0.39, 0.29) is 0 Å². The lowest BCUT2D eigenvalue weighted by Crippen LogP contribution is -2.14. The van der Waals surface area contributed by atoms with Crippen LogP contribution in [-0.2, 0) is 0 Å². The average Bonchev–Trinajstić information content (AvgIpc) is 3.47. The van der Waals surface area contributed by atoms with Crippen molar-refractivity contribution in [3.05, 3.63) is 113 Å². The molecule has 0 spiro atoms. The summed E-state index contributed by atoms with van der Waals surface area (Å²) in [6.07, 6.45) is 18.0. The molecule has 0 aliphatic carbocycles. The molecule has 6 rings (SSSR count). The number of fused-ring (bicyclic) bond motifs is 8. The summed E-state index contributed by atoms with van der Waals surface area (Å²) in [5.41, 5.74) is 8.61. The van der Waals surface area contributed by atoms with Crippen molar-refractivity contribution >= 4 is 22.8 Å². The molecule has 0 saturated heterocycles. The molecule has 5 aliphatic heterocycles. The van der Waals surface area contributed by atoms with E-state index in [0.717, 1.165) is 56.9 Å². The molecule has 0 fully saturated rings. The van der Waals surface area contributed by atoms with Crippen molar-refractivity contribution in [2.24, 2.45) is 15.0 Å². The Labute approximate surface area is 162 Å². The Balaban J connectivity index is 1.53. The van der Waals surface area contributed by atoms with Crippen LogP contribution in [0.2, 0.25) is 0 Å². The van der Waals surface area contributed by atoms with E-state index in [9.17, 15) is 0 Å². The number of hydrogen-bond acceptors (Lipinski definition) is 5. The Kier molecular flexibility index (Phi) is 3.10. The molecule has 0 saturated carbocycles. The smallest absolute Gasteiger partial charge is 0.109 e. The molecule has 0 radical (unpaired) electrons. The van der Waals surface area contributed by atoms with Crippen molar-refractivity contribution in [1.82, 2.24) is 10.6 Å². The molecule has 5 aliphatic rings. The normalized spacial score (nSPS) is 20.7. The number of rotatable bonds is 0. The highest BCUT2D eigenvalue weighted by molar-refractivity contribution is 6.20. The molecule has 1 aromatic rings. The second-order valence-corrected chi connectivity index (χ2v) is 6.88. The third-order valence-corrected chi connectivity index (χ3v) is 4.91. The lowest BCUT2D eigenvalue weighted by molar-refractivity contribution is 0.972. The summed E-state index contributed by atoms with van der Waals surface area (Å²) in [5, 5.41) is 6.65. The van der Waals surface area contributed by atoms with E-state index >= 15 is 0 Å². The summed E-state index contributed by atoms with van der Waals surface area (Å²) in [7, 11) is 0. The molecular formula is C23H15N5. The second kappa shape index (κ2) is 5.76. The molecule has 5 heterocycles. The Morgan fingerprint density at radius 3 is 2.29 bits per heavy atom. The highest BCUT2D eigenvalue weighted by Gasteiger charge is 2.21. The fraction of sp³-hybridized carbons (Fsp3) is 0. The summed E-state index contributed by atoms with van der Waals surface area (Å²) >= 11 is 0. The van der Waals surface area contributed by atoms with Crippen molar-refractivity contribution < 1.29 is 0 Å². The summed E-state index contributed by atoms with van der Waals surface area (Å²) in [4.78, 5) is 14.2. The average molecular weight is 361 g/mol. The van der Waals surface area contributed by atoms with Gasteiger partial charge in [-0.1, -0.05) is 24.3 Å². The van der Waals surface area contributed by atoms with Crippen molar-refractivity contribution in [2.75, 3.05) is 0 Å². The molecule has 8 bridgehead atoms. The predicted molar refractivity (Wildman–Crippen MR) is 113 cm³/mol. The van der Waals surface area contributed by atoms with Gasteiger partial charge in [0.1, 0.15) is 5.82 Å². The molecule has 28 heavy (non-hydrogen) atoms. The summed E-state index contributed by atoms with van der Waals surface area (Å²) in [6.45, 7) is 0. The third-order valence-electron chi connectivity index (χ3n) is 4.91. The van der Waals surface area contributed by atoms with Gasteiger partial charge in [-0.2, -0.15) is 0 Å². The Morgan fingerprint density at radius 1 is 0.679 bits per heavy atom. The van der Waals surface area contributed by atoms with Gasteiger partial charge in [0.25, 0.3) is 0 Å². The standard InChI is InChI=1S/C23H15N5/c1-2-4-20-19(3-1)21-11-17-8-7-15(26-17)9-14-5-6-16(25-14)10-18-13-24-23(27-18)12-22(20)28-21/h1-13,24,27H. The Morgan fingerprint density at radius 2 is 1.43 bits per heavy atom. The highest BCUT2D eigenvalue weighted by atomic mass is 15.1. The van der Waals surface area contributed by atoms with Crippen molar-refractivity contribution in [1.29, 1.82) is 0 Å². The molecule has 2 N–H and O–H groups in total. The van der Waals surface area contributed by atoms with Gasteiger partial charge in [-0.3, -0.25) is 0 Å². The molecule has 0 aromatic heterocycles. The van der Waals surface area contributed by atoms with E-state index in [4.69, 9.17) is 9.98 Å². The van der Waals surface area contributed by atoms with Gasteiger partial charge < -0.3 is 10.6 Å². The van der Waals surface area contributed by atoms with Crippen LogP contribution >= 0.6 is 0 Å². The van der Waals surface area contributed by atoms with Gasteiger partial charge in [0.2, 0.25) is 0 Å². The number of allylic oxidation sites excluding steroid dienone is 8. The molecule has 132 valence electrons. The molecular weight excluding hydrogens is 346 g/mol. The maximum Gasteiger partial charge on any atom is 0.109 e. The Hall–Kier alpha value is -3.99. The number of benzene rings is 1. The molecule has 5 nitrogen and oxygen atoms in total. The summed E-state index contributed by atoms with van der Waals surface area (Å²) < 4.78 is 0. The van der Waals surface area contributed by atoms with Crippen LogP contribution in [0.3, 0.4) is 0 Å². The van der Waals surface area contributed by atoms with Gasteiger partial charge in [-0.05, 0) is 42.5 Å². The largest absolute Gasteiger partial charge is 0.346 e. The quantitative estimate of drug-likeness (QED) is 0.743. The minimum atomic E-state index is 0.889. The number of nitrogens with zero attached hydrogens (tertiary/aromatic N) is 3. The van der Waals surface area contributed by atoms with E-state index in [1.54, 1.807) is 0 Å². The molecule has 0 unspecified atom stereocenters. The van der Waals surface area contributed by atoms with Crippen LogP contribution < -0.4 is 10.6 Å². The van der Waals surface area contributed by atoms with Crippen LogP contribution in [-0.4, -0.2) is 17.1 Å². The summed E-state index contributed by atoms with van der Waals surface area (Å²) in [6, 6.07) is 8.28. The minimum absolute atomic E-state index is 0.889. The molecule has 0 amide bonds. The van der Waals surface area contributed by atoms with Gasteiger partial charge in [0, 0.05) is 23.4 Å². The van der Waals surface area contributed by atoms with Crippen LogP contribution in [0.15, 0.2) is 117 Å². The number of hydrogen-bond donors (Lipinski definition) is 2. The SMILES string of the molecule is C1=CC2=NC1=CC1=CNC(=CC3=NC(=CC4=NC(=C2)C=C4)c2ccccc23)N1. The van der Waals surface area contributed by atoms with E-state index in [1.807, 2.05) is 66.9 Å². The topological polar surface area (TPSA) is 61.1 Å². The first-order valence-electron chi connectivity index (χ1n) is 9.13. The minimum Gasteiger partial charge on any atom is -0.346 e. The van der Waals surface area contributed by atoms with Crippen LogP contribution in [0, 0.1) is 0 Å². The number of nitrogens with one attached hydrogen (secondary N) is 2. The van der Waals surface area contributed by atoms with Crippen molar-refractivity contribution in [3.8, 4) is 0 Å².